The molecular formula is C20H20N2O4. The lowest BCUT2D eigenvalue weighted by Crippen LogP contribution is -2.24. The molecule has 2 amide bonds. The monoisotopic (exact) mass is 352 g/mol. The molecule has 6 nitrogen and oxygen atoms in total. The maximum atomic E-state index is 12.5. The topological polar surface area (TPSA) is 67.9 Å². The summed E-state index contributed by atoms with van der Waals surface area (Å²) in [5, 5.41) is 2.90. The first-order valence-electron chi connectivity index (χ1n) is 8.74. The second-order valence-corrected chi connectivity index (χ2v) is 6.46. The molecule has 0 aliphatic carbocycles. The molecule has 0 atom stereocenters. The number of rotatable bonds is 3. The van der Waals surface area contributed by atoms with E-state index in [0.717, 1.165) is 24.2 Å². The summed E-state index contributed by atoms with van der Waals surface area (Å²) in [6, 6.07) is 10.7. The predicted molar refractivity (Wildman–Crippen MR) is 98.2 cm³/mol. The number of amides is 2. The van der Waals surface area contributed by atoms with Crippen LogP contribution < -0.4 is 19.7 Å². The standard InChI is InChI=1S/C20H20N2O4/c1-13-11-15(5-6-16(13)22-8-2-3-19(22)23)21-20(24)14-4-7-17-18(12-14)26-10-9-25-17/h4-7,11-12H,2-3,8-10H2,1H3,(H,21,24). The first-order valence-corrected chi connectivity index (χ1v) is 8.74. The fraction of sp³-hybridized carbons (Fsp3) is 0.300. The van der Waals surface area contributed by atoms with Crippen LogP contribution in [-0.4, -0.2) is 31.6 Å². The fourth-order valence-corrected chi connectivity index (χ4v) is 3.33. The average molecular weight is 352 g/mol. The third-order valence-corrected chi connectivity index (χ3v) is 4.62. The summed E-state index contributed by atoms with van der Waals surface area (Å²) in [4.78, 5) is 26.3. The summed E-state index contributed by atoms with van der Waals surface area (Å²) < 4.78 is 11.0. The highest BCUT2D eigenvalue weighted by atomic mass is 16.6. The number of anilines is 2. The van der Waals surface area contributed by atoms with Gasteiger partial charge in [0.1, 0.15) is 13.2 Å². The Morgan fingerprint density at radius 1 is 1.08 bits per heavy atom. The van der Waals surface area contributed by atoms with Gasteiger partial charge in [0.25, 0.3) is 5.91 Å². The summed E-state index contributed by atoms with van der Waals surface area (Å²) in [6.45, 7) is 3.70. The molecule has 1 fully saturated rings. The maximum absolute atomic E-state index is 12.5. The zero-order valence-corrected chi connectivity index (χ0v) is 14.6. The number of carbonyl (C=O) groups is 2. The van der Waals surface area contributed by atoms with Crippen molar-refractivity contribution in [3.05, 3.63) is 47.5 Å². The zero-order chi connectivity index (χ0) is 18.1. The minimum atomic E-state index is -0.216. The van der Waals surface area contributed by atoms with Crippen LogP contribution in [0, 0.1) is 6.92 Å². The van der Waals surface area contributed by atoms with Gasteiger partial charge in [0.2, 0.25) is 5.91 Å². The van der Waals surface area contributed by atoms with Crippen LogP contribution in [0.1, 0.15) is 28.8 Å². The van der Waals surface area contributed by atoms with Crippen molar-refractivity contribution < 1.29 is 19.1 Å². The van der Waals surface area contributed by atoms with Crippen molar-refractivity contribution in [2.45, 2.75) is 19.8 Å². The van der Waals surface area contributed by atoms with Gasteiger partial charge in [-0.1, -0.05) is 0 Å². The average Bonchev–Trinajstić information content (AvgIpc) is 3.07. The molecule has 0 aromatic heterocycles. The first-order chi connectivity index (χ1) is 12.6. The summed E-state index contributed by atoms with van der Waals surface area (Å²) in [5.41, 5.74) is 3.06. The smallest absolute Gasteiger partial charge is 0.255 e. The van der Waals surface area contributed by atoms with Crippen molar-refractivity contribution in [2.75, 3.05) is 30.0 Å². The lowest BCUT2D eigenvalue weighted by atomic mass is 10.1. The lowest BCUT2D eigenvalue weighted by molar-refractivity contribution is -0.117. The van der Waals surface area contributed by atoms with E-state index in [9.17, 15) is 9.59 Å². The summed E-state index contributed by atoms with van der Waals surface area (Å²) in [7, 11) is 0. The highest BCUT2D eigenvalue weighted by Gasteiger charge is 2.23. The van der Waals surface area contributed by atoms with Gasteiger partial charge >= 0.3 is 0 Å². The van der Waals surface area contributed by atoms with Gasteiger partial charge in [-0.2, -0.15) is 0 Å². The Morgan fingerprint density at radius 2 is 1.88 bits per heavy atom. The van der Waals surface area contributed by atoms with E-state index >= 15 is 0 Å². The van der Waals surface area contributed by atoms with Gasteiger partial charge in [0.15, 0.2) is 11.5 Å². The molecule has 134 valence electrons. The molecule has 0 bridgehead atoms. The van der Waals surface area contributed by atoms with Crippen LogP contribution in [0.3, 0.4) is 0 Å². The minimum absolute atomic E-state index is 0.154. The Bertz CT molecular complexity index is 878. The van der Waals surface area contributed by atoms with Crippen molar-refractivity contribution in [3.8, 4) is 11.5 Å². The Labute approximate surface area is 151 Å². The summed E-state index contributed by atoms with van der Waals surface area (Å²) in [6.07, 6.45) is 1.49. The van der Waals surface area contributed by atoms with Crippen molar-refractivity contribution in [1.82, 2.24) is 0 Å². The minimum Gasteiger partial charge on any atom is -0.486 e. The molecule has 4 rings (SSSR count). The number of carbonyl (C=O) groups excluding carboxylic acids is 2. The number of aryl methyl sites for hydroxylation is 1. The van der Waals surface area contributed by atoms with Crippen LogP contribution >= 0.6 is 0 Å². The Hall–Kier alpha value is -3.02. The van der Waals surface area contributed by atoms with Gasteiger partial charge in [-0.25, -0.2) is 0 Å². The van der Waals surface area contributed by atoms with E-state index in [-0.39, 0.29) is 11.8 Å². The van der Waals surface area contributed by atoms with E-state index in [2.05, 4.69) is 5.32 Å². The van der Waals surface area contributed by atoms with Gasteiger partial charge in [0, 0.05) is 29.9 Å². The number of fused-ring (bicyclic) bond motifs is 1. The van der Waals surface area contributed by atoms with E-state index in [0.29, 0.717) is 42.4 Å². The molecule has 0 saturated carbocycles. The van der Waals surface area contributed by atoms with Crippen molar-refractivity contribution in [3.63, 3.8) is 0 Å². The molecule has 1 saturated heterocycles. The third-order valence-electron chi connectivity index (χ3n) is 4.62. The van der Waals surface area contributed by atoms with Gasteiger partial charge in [-0.05, 0) is 55.3 Å². The predicted octanol–water partition coefficient (Wildman–Crippen LogP) is 3.15. The fourth-order valence-electron chi connectivity index (χ4n) is 3.33. The number of hydrogen-bond donors (Lipinski definition) is 1. The summed E-state index contributed by atoms with van der Waals surface area (Å²) >= 11 is 0. The molecule has 2 heterocycles. The number of ether oxygens (including phenoxy) is 2. The van der Waals surface area contributed by atoms with E-state index in [1.54, 1.807) is 18.2 Å². The van der Waals surface area contributed by atoms with Gasteiger partial charge in [0.05, 0.1) is 0 Å². The molecule has 2 aliphatic heterocycles. The molecule has 2 aromatic carbocycles. The Kier molecular flexibility index (Phi) is 4.24. The number of hydrogen-bond acceptors (Lipinski definition) is 4. The second-order valence-electron chi connectivity index (χ2n) is 6.46. The van der Waals surface area contributed by atoms with E-state index in [1.807, 2.05) is 30.0 Å². The number of nitrogens with one attached hydrogen (secondary N) is 1. The molecule has 2 aromatic rings. The van der Waals surface area contributed by atoms with Gasteiger partial charge in [-0.15, -0.1) is 0 Å². The quantitative estimate of drug-likeness (QED) is 0.921. The van der Waals surface area contributed by atoms with Crippen molar-refractivity contribution in [2.24, 2.45) is 0 Å². The normalized spacial score (nSPS) is 15.9. The summed E-state index contributed by atoms with van der Waals surface area (Å²) in [5.74, 6) is 1.18. The van der Waals surface area contributed by atoms with Crippen LogP contribution in [0.5, 0.6) is 11.5 Å². The van der Waals surface area contributed by atoms with E-state index < -0.39 is 0 Å². The molecule has 0 radical (unpaired) electrons. The van der Waals surface area contributed by atoms with Gasteiger partial charge < -0.3 is 19.7 Å². The maximum Gasteiger partial charge on any atom is 0.255 e. The van der Waals surface area contributed by atoms with Crippen LogP contribution in [-0.2, 0) is 4.79 Å². The lowest BCUT2D eigenvalue weighted by Gasteiger charge is -2.20. The van der Waals surface area contributed by atoms with E-state index in [4.69, 9.17) is 9.47 Å². The van der Waals surface area contributed by atoms with Crippen molar-refractivity contribution >= 4 is 23.2 Å². The Morgan fingerprint density at radius 3 is 2.62 bits per heavy atom. The largest absolute Gasteiger partial charge is 0.486 e. The number of benzene rings is 2. The Balaban J connectivity index is 1.51. The molecular weight excluding hydrogens is 332 g/mol. The molecule has 0 spiro atoms. The zero-order valence-electron chi connectivity index (χ0n) is 14.6. The second kappa shape index (κ2) is 6.71. The van der Waals surface area contributed by atoms with E-state index in [1.165, 1.54) is 0 Å². The third kappa shape index (κ3) is 3.10. The molecule has 6 heteroatoms. The van der Waals surface area contributed by atoms with Crippen LogP contribution in [0.2, 0.25) is 0 Å². The number of nitrogens with zero attached hydrogens (tertiary/aromatic N) is 1. The first kappa shape index (κ1) is 16.4. The molecule has 26 heavy (non-hydrogen) atoms. The van der Waals surface area contributed by atoms with Crippen LogP contribution in [0.15, 0.2) is 36.4 Å². The highest BCUT2D eigenvalue weighted by molar-refractivity contribution is 6.05. The van der Waals surface area contributed by atoms with Gasteiger partial charge in [-0.3, -0.25) is 9.59 Å². The molecule has 2 aliphatic rings. The van der Waals surface area contributed by atoms with Crippen LogP contribution in [0.25, 0.3) is 0 Å². The van der Waals surface area contributed by atoms with Crippen molar-refractivity contribution in [1.29, 1.82) is 0 Å². The highest BCUT2D eigenvalue weighted by Crippen LogP contribution is 2.31. The molecule has 0 unspecified atom stereocenters. The van der Waals surface area contributed by atoms with Crippen LogP contribution in [0.4, 0.5) is 11.4 Å². The molecule has 1 N–H and O–H groups in total. The SMILES string of the molecule is Cc1cc(NC(=O)c2ccc3c(c2)OCCO3)ccc1N1CCCC1=O.